The van der Waals surface area contributed by atoms with Crippen molar-refractivity contribution in [2.45, 2.75) is 6.92 Å². The smallest absolute Gasteiger partial charge is 0.136 e. The number of hydrogen-bond donors (Lipinski definition) is 0. The van der Waals surface area contributed by atoms with Crippen LogP contribution in [0.25, 0.3) is 23.0 Å². The van der Waals surface area contributed by atoms with Crippen LogP contribution in [0, 0.1) is 18.3 Å². The molecule has 0 saturated carbocycles. The highest BCUT2D eigenvalue weighted by Crippen LogP contribution is 2.32. The fraction of sp³-hybridized carbons (Fsp3) is 0.0500. The quantitative estimate of drug-likeness (QED) is 0.495. The second kappa shape index (κ2) is 6.97. The van der Waals surface area contributed by atoms with E-state index in [-0.39, 0.29) is 0 Å². The fourth-order valence-corrected chi connectivity index (χ4v) is 2.70. The van der Waals surface area contributed by atoms with Gasteiger partial charge in [-0.1, -0.05) is 53.0 Å². The number of aryl methyl sites for hydroxylation is 1. The van der Waals surface area contributed by atoms with Gasteiger partial charge in [0.05, 0.1) is 16.7 Å². The Morgan fingerprint density at radius 1 is 1.04 bits per heavy atom. The molecule has 1 heterocycles. The van der Waals surface area contributed by atoms with Crippen molar-refractivity contribution in [3.05, 3.63) is 81.5 Å². The second-order valence-electron chi connectivity index (χ2n) is 5.36. The monoisotopic (exact) mass is 353 g/mol. The van der Waals surface area contributed by atoms with Gasteiger partial charge in [-0.15, -0.1) is 0 Å². The largest absolute Gasteiger partial charge is 0.457 e. The molecular formula is C20H13Cl2NO. The van der Waals surface area contributed by atoms with E-state index in [1.807, 2.05) is 37.3 Å². The lowest BCUT2D eigenvalue weighted by atomic mass is 10.0. The molecule has 0 radical (unpaired) electrons. The van der Waals surface area contributed by atoms with Crippen molar-refractivity contribution in [2.24, 2.45) is 0 Å². The molecular weight excluding hydrogens is 341 g/mol. The average molecular weight is 354 g/mol. The molecule has 4 heteroatoms. The molecule has 0 amide bonds. The topological polar surface area (TPSA) is 36.9 Å². The maximum atomic E-state index is 9.42. The van der Waals surface area contributed by atoms with Gasteiger partial charge in [-0.05, 0) is 48.9 Å². The normalized spacial score (nSPS) is 11.3. The summed E-state index contributed by atoms with van der Waals surface area (Å²) in [5.41, 5.74) is 3.25. The van der Waals surface area contributed by atoms with E-state index in [1.54, 1.807) is 30.3 Å². The van der Waals surface area contributed by atoms with Crippen LogP contribution in [-0.2, 0) is 0 Å². The minimum absolute atomic E-state index is 0.535. The van der Waals surface area contributed by atoms with Crippen molar-refractivity contribution < 1.29 is 4.42 Å². The van der Waals surface area contributed by atoms with Crippen LogP contribution in [0.15, 0.2) is 59.0 Å². The van der Waals surface area contributed by atoms with Crippen molar-refractivity contribution in [1.82, 2.24) is 0 Å². The van der Waals surface area contributed by atoms with Crippen LogP contribution in [0.2, 0.25) is 10.0 Å². The number of rotatable bonds is 3. The van der Waals surface area contributed by atoms with E-state index >= 15 is 0 Å². The van der Waals surface area contributed by atoms with Gasteiger partial charge in [-0.3, -0.25) is 0 Å². The Kier molecular flexibility index (Phi) is 4.76. The number of nitrogens with zero attached hydrogens (tertiary/aromatic N) is 1. The lowest BCUT2D eigenvalue weighted by Crippen LogP contribution is -1.82. The third-order valence-corrected chi connectivity index (χ3v) is 4.15. The first-order valence-electron chi connectivity index (χ1n) is 7.31. The highest BCUT2D eigenvalue weighted by molar-refractivity contribution is 6.35. The van der Waals surface area contributed by atoms with E-state index in [1.165, 1.54) is 0 Å². The van der Waals surface area contributed by atoms with Crippen molar-refractivity contribution in [2.75, 3.05) is 0 Å². The minimum atomic E-state index is 0.535. The number of allylic oxidation sites excluding steroid dienone is 1. The molecule has 0 aliphatic heterocycles. The van der Waals surface area contributed by atoms with E-state index in [4.69, 9.17) is 27.6 Å². The van der Waals surface area contributed by atoms with Gasteiger partial charge < -0.3 is 4.42 Å². The minimum Gasteiger partial charge on any atom is -0.457 e. The fourth-order valence-electron chi connectivity index (χ4n) is 2.32. The summed E-state index contributed by atoms with van der Waals surface area (Å²) in [6.07, 6.45) is 1.71. The summed E-state index contributed by atoms with van der Waals surface area (Å²) in [6, 6.07) is 18.8. The maximum Gasteiger partial charge on any atom is 0.136 e. The van der Waals surface area contributed by atoms with Gasteiger partial charge in [0.2, 0.25) is 0 Å². The molecule has 0 fully saturated rings. The number of hydrogen-bond acceptors (Lipinski definition) is 2. The summed E-state index contributed by atoms with van der Waals surface area (Å²) < 4.78 is 5.81. The van der Waals surface area contributed by atoms with Crippen molar-refractivity contribution >= 4 is 34.9 Å². The van der Waals surface area contributed by atoms with Crippen LogP contribution in [0.5, 0.6) is 0 Å². The number of benzene rings is 2. The summed E-state index contributed by atoms with van der Waals surface area (Å²) in [6.45, 7) is 2.01. The molecule has 0 unspecified atom stereocenters. The molecule has 24 heavy (non-hydrogen) atoms. The Hall–Kier alpha value is -2.47. The highest BCUT2D eigenvalue weighted by atomic mass is 35.5. The van der Waals surface area contributed by atoms with Crippen LogP contribution in [-0.4, -0.2) is 0 Å². The van der Waals surface area contributed by atoms with Crippen molar-refractivity contribution in [3.63, 3.8) is 0 Å². The molecule has 2 aromatic carbocycles. The number of furan rings is 1. The van der Waals surface area contributed by atoms with Gasteiger partial charge >= 0.3 is 0 Å². The molecule has 2 nitrogen and oxygen atoms in total. The van der Waals surface area contributed by atoms with Crippen molar-refractivity contribution in [1.29, 1.82) is 5.26 Å². The van der Waals surface area contributed by atoms with Crippen LogP contribution in [0.4, 0.5) is 0 Å². The molecule has 118 valence electrons. The zero-order valence-electron chi connectivity index (χ0n) is 12.9. The zero-order valence-corrected chi connectivity index (χ0v) is 14.4. The first-order valence-corrected chi connectivity index (χ1v) is 8.06. The standard InChI is InChI=1S/C20H13Cl2NO/c1-13-2-4-14(5-3-13)15(12-23)10-17-7-9-20(24-17)18-11-16(21)6-8-19(18)22/h2-11H,1H3/b15-10-. The third-order valence-electron chi connectivity index (χ3n) is 3.59. The Morgan fingerprint density at radius 3 is 2.50 bits per heavy atom. The Morgan fingerprint density at radius 2 is 1.79 bits per heavy atom. The van der Waals surface area contributed by atoms with E-state index in [2.05, 4.69) is 6.07 Å². The first-order chi connectivity index (χ1) is 11.6. The van der Waals surface area contributed by atoms with Gasteiger partial charge in [0.15, 0.2) is 0 Å². The first kappa shape index (κ1) is 16.4. The van der Waals surface area contributed by atoms with E-state index in [0.717, 1.165) is 16.7 Å². The highest BCUT2D eigenvalue weighted by Gasteiger charge is 2.10. The molecule has 0 bridgehead atoms. The molecule has 0 atom stereocenters. The number of halogens is 2. The van der Waals surface area contributed by atoms with Gasteiger partial charge in [0.25, 0.3) is 0 Å². The summed E-state index contributed by atoms with van der Waals surface area (Å²) in [4.78, 5) is 0. The summed E-state index contributed by atoms with van der Waals surface area (Å²) in [7, 11) is 0. The Bertz CT molecular complexity index is 947. The molecule has 0 aliphatic rings. The van der Waals surface area contributed by atoms with Crippen LogP contribution < -0.4 is 0 Å². The average Bonchev–Trinajstić information content (AvgIpc) is 3.04. The predicted molar refractivity (Wildman–Crippen MR) is 98.8 cm³/mol. The van der Waals surface area contributed by atoms with E-state index in [0.29, 0.717) is 27.1 Å². The lowest BCUT2D eigenvalue weighted by molar-refractivity contribution is 0.572. The Labute approximate surface area is 150 Å². The maximum absolute atomic E-state index is 9.42. The second-order valence-corrected chi connectivity index (χ2v) is 6.21. The van der Waals surface area contributed by atoms with Crippen LogP contribution in [0.3, 0.4) is 0 Å². The van der Waals surface area contributed by atoms with Gasteiger partial charge in [-0.2, -0.15) is 5.26 Å². The van der Waals surface area contributed by atoms with Gasteiger partial charge in [0.1, 0.15) is 11.5 Å². The Balaban J connectivity index is 1.96. The van der Waals surface area contributed by atoms with Gasteiger partial charge in [-0.25, -0.2) is 0 Å². The van der Waals surface area contributed by atoms with Crippen LogP contribution >= 0.6 is 23.2 Å². The van der Waals surface area contributed by atoms with E-state index in [9.17, 15) is 5.26 Å². The molecule has 3 rings (SSSR count). The molecule has 0 N–H and O–H groups in total. The summed E-state index contributed by atoms with van der Waals surface area (Å²) in [5, 5.41) is 10.6. The van der Waals surface area contributed by atoms with Gasteiger partial charge in [0, 0.05) is 10.6 Å². The molecule has 3 aromatic rings. The summed E-state index contributed by atoms with van der Waals surface area (Å²) >= 11 is 12.2. The molecule has 0 saturated heterocycles. The predicted octanol–water partition coefficient (Wildman–Crippen LogP) is 6.63. The number of nitriles is 1. The third kappa shape index (κ3) is 3.54. The van der Waals surface area contributed by atoms with Crippen LogP contribution in [0.1, 0.15) is 16.9 Å². The molecule has 1 aromatic heterocycles. The molecule has 0 aliphatic carbocycles. The lowest BCUT2D eigenvalue weighted by Gasteiger charge is -2.01. The molecule has 0 spiro atoms. The van der Waals surface area contributed by atoms with Crippen molar-refractivity contribution in [3.8, 4) is 17.4 Å². The zero-order chi connectivity index (χ0) is 17.1. The SMILES string of the molecule is Cc1ccc(/C(C#N)=C\c2ccc(-c3cc(Cl)ccc3Cl)o2)cc1. The summed E-state index contributed by atoms with van der Waals surface area (Å²) in [5.74, 6) is 1.19. The van der Waals surface area contributed by atoms with E-state index < -0.39 is 0 Å².